The normalized spacial score (nSPS) is 10.9. The molecule has 2 aromatic rings. The Morgan fingerprint density at radius 2 is 1.56 bits per heavy atom. The van der Waals surface area contributed by atoms with Gasteiger partial charge in [-0.25, -0.2) is 15.2 Å². The van der Waals surface area contributed by atoms with Crippen LogP contribution in [0, 0.1) is 0 Å². The van der Waals surface area contributed by atoms with E-state index in [1.54, 1.807) is 48.5 Å². The van der Waals surface area contributed by atoms with Crippen LogP contribution in [0.4, 0.5) is 10.5 Å². The average Bonchev–Trinajstić information content (AvgIpc) is 2.53. The number of rotatable bonds is 2. The summed E-state index contributed by atoms with van der Waals surface area (Å²) in [5.41, 5.74) is 2.80. The fourth-order valence-electron chi connectivity index (χ4n) is 2.07. The van der Waals surface area contributed by atoms with Gasteiger partial charge in [-0.1, -0.05) is 35.3 Å². The van der Waals surface area contributed by atoms with Crippen molar-refractivity contribution in [1.29, 1.82) is 0 Å². The van der Waals surface area contributed by atoms with E-state index in [2.05, 4.69) is 10.7 Å². The standard InChI is InChI=1S/C18H19Cl2N3O2/c1-18(2,3)23(16(24)14-6-4-5-7-15(14)20)22-17(25)21-13-10-8-12(19)9-11-13/h4-11H,1-3H3,(H2,21,22,25). The first kappa shape index (κ1) is 19.1. The molecule has 0 atom stereocenters. The van der Waals surface area contributed by atoms with Crippen LogP contribution in [-0.4, -0.2) is 22.5 Å². The quantitative estimate of drug-likeness (QED) is 0.723. The number of carbonyl (C=O) groups excluding carboxylic acids is 2. The summed E-state index contributed by atoms with van der Waals surface area (Å²) >= 11 is 11.9. The van der Waals surface area contributed by atoms with Crippen LogP contribution in [0.1, 0.15) is 31.1 Å². The molecule has 0 saturated carbocycles. The molecule has 0 saturated heterocycles. The monoisotopic (exact) mass is 379 g/mol. The van der Waals surface area contributed by atoms with Crippen molar-refractivity contribution in [2.45, 2.75) is 26.3 Å². The minimum Gasteiger partial charge on any atom is -0.307 e. The highest BCUT2D eigenvalue weighted by molar-refractivity contribution is 6.33. The van der Waals surface area contributed by atoms with E-state index in [0.717, 1.165) is 0 Å². The second-order valence-electron chi connectivity index (χ2n) is 6.36. The van der Waals surface area contributed by atoms with Gasteiger partial charge in [-0.05, 0) is 57.2 Å². The predicted molar refractivity (Wildman–Crippen MR) is 101 cm³/mol. The third-order valence-corrected chi connectivity index (χ3v) is 3.88. The summed E-state index contributed by atoms with van der Waals surface area (Å²) in [7, 11) is 0. The fraction of sp³-hybridized carbons (Fsp3) is 0.222. The number of carbonyl (C=O) groups is 2. The number of nitrogens with one attached hydrogen (secondary N) is 2. The molecule has 0 unspecified atom stereocenters. The lowest BCUT2D eigenvalue weighted by Gasteiger charge is -2.35. The van der Waals surface area contributed by atoms with Crippen molar-refractivity contribution in [2.24, 2.45) is 0 Å². The maximum Gasteiger partial charge on any atom is 0.338 e. The van der Waals surface area contributed by atoms with E-state index in [4.69, 9.17) is 23.2 Å². The van der Waals surface area contributed by atoms with E-state index >= 15 is 0 Å². The molecule has 2 N–H and O–H groups in total. The molecule has 0 aliphatic heterocycles. The smallest absolute Gasteiger partial charge is 0.307 e. The van der Waals surface area contributed by atoms with Crippen molar-refractivity contribution in [3.63, 3.8) is 0 Å². The van der Waals surface area contributed by atoms with Crippen LogP contribution in [0.15, 0.2) is 48.5 Å². The van der Waals surface area contributed by atoms with Crippen molar-refractivity contribution >= 4 is 40.8 Å². The highest BCUT2D eigenvalue weighted by Crippen LogP contribution is 2.21. The van der Waals surface area contributed by atoms with E-state index in [1.807, 2.05) is 20.8 Å². The maximum atomic E-state index is 12.8. The minimum atomic E-state index is -0.659. The van der Waals surface area contributed by atoms with Gasteiger partial charge < -0.3 is 5.32 Å². The Morgan fingerprint density at radius 1 is 0.960 bits per heavy atom. The molecule has 5 nitrogen and oxygen atoms in total. The van der Waals surface area contributed by atoms with Gasteiger partial charge in [-0.15, -0.1) is 0 Å². The van der Waals surface area contributed by atoms with Gasteiger partial charge in [0.15, 0.2) is 0 Å². The van der Waals surface area contributed by atoms with Crippen LogP contribution in [-0.2, 0) is 0 Å². The topological polar surface area (TPSA) is 61.4 Å². The molecular formula is C18H19Cl2N3O2. The van der Waals surface area contributed by atoms with Crippen LogP contribution in [0.2, 0.25) is 10.0 Å². The number of hydrogen-bond donors (Lipinski definition) is 2. The zero-order valence-electron chi connectivity index (χ0n) is 14.1. The lowest BCUT2D eigenvalue weighted by molar-refractivity contribution is 0.0461. The summed E-state index contributed by atoms with van der Waals surface area (Å²) in [6.07, 6.45) is 0. The highest BCUT2D eigenvalue weighted by atomic mass is 35.5. The summed E-state index contributed by atoms with van der Waals surface area (Å²) in [5.74, 6) is -0.399. The van der Waals surface area contributed by atoms with E-state index in [1.165, 1.54) is 5.01 Å². The van der Waals surface area contributed by atoms with Crippen LogP contribution < -0.4 is 10.7 Å². The molecule has 2 aromatic carbocycles. The molecule has 0 spiro atoms. The van der Waals surface area contributed by atoms with Crippen LogP contribution in [0.25, 0.3) is 0 Å². The van der Waals surface area contributed by atoms with Gasteiger partial charge in [0, 0.05) is 10.7 Å². The number of nitrogens with zero attached hydrogens (tertiary/aromatic N) is 1. The van der Waals surface area contributed by atoms with E-state index in [0.29, 0.717) is 21.3 Å². The van der Waals surface area contributed by atoms with E-state index in [-0.39, 0.29) is 0 Å². The summed E-state index contributed by atoms with van der Waals surface area (Å²) < 4.78 is 0. The lowest BCUT2D eigenvalue weighted by Crippen LogP contribution is -2.56. The largest absolute Gasteiger partial charge is 0.338 e. The van der Waals surface area contributed by atoms with Gasteiger partial charge in [0.1, 0.15) is 0 Å². The number of hydrogen-bond acceptors (Lipinski definition) is 2. The first-order chi connectivity index (χ1) is 11.7. The molecular weight excluding hydrogens is 361 g/mol. The number of anilines is 1. The van der Waals surface area contributed by atoms with Crippen molar-refractivity contribution < 1.29 is 9.59 Å². The first-order valence-electron chi connectivity index (χ1n) is 7.61. The lowest BCUT2D eigenvalue weighted by atomic mass is 10.1. The first-order valence-corrected chi connectivity index (χ1v) is 8.36. The maximum absolute atomic E-state index is 12.8. The Bertz CT molecular complexity index is 771. The van der Waals surface area contributed by atoms with Crippen LogP contribution in [0.3, 0.4) is 0 Å². The highest BCUT2D eigenvalue weighted by Gasteiger charge is 2.30. The Hall–Kier alpha value is -2.24. The second-order valence-corrected chi connectivity index (χ2v) is 7.21. The summed E-state index contributed by atoms with van der Waals surface area (Å²) in [4.78, 5) is 25.1. The Morgan fingerprint density at radius 3 is 2.12 bits per heavy atom. The molecule has 7 heteroatoms. The van der Waals surface area contributed by atoms with E-state index in [9.17, 15) is 9.59 Å². The molecule has 0 heterocycles. The second kappa shape index (κ2) is 7.76. The zero-order chi connectivity index (χ0) is 18.6. The average molecular weight is 380 g/mol. The van der Waals surface area contributed by atoms with Gasteiger partial charge >= 0.3 is 6.03 Å². The van der Waals surface area contributed by atoms with Gasteiger partial charge in [0.2, 0.25) is 0 Å². The number of urea groups is 1. The number of hydrazine groups is 1. The number of benzene rings is 2. The molecule has 2 rings (SSSR count). The van der Waals surface area contributed by atoms with Crippen molar-refractivity contribution in [2.75, 3.05) is 5.32 Å². The molecule has 0 fully saturated rings. The summed E-state index contributed by atoms with van der Waals surface area (Å²) in [6.45, 7) is 5.43. The molecule has 0 bridgehead atoms. The van der Waals surface area contributed by atoms with Gasteiger partial charge in [-0.3, -0.25) is 4.79 Å². The van der Waals surface area contributed by atoms with E-state index < -0.39 is 17.5 Å². The van der Waals surface area contributed by atoms with Crippen LogP contribution >= 0.6 is 23.2 Å². The third kappa shape index (κ3) is 5.11. The molecule has 3 amide bonds. The molecule has 25 heavy (non-hydrogen) atoms. The minimum absolute atomic E-state index is 0.311. The molecule has 0 radical (unpaired) electrons. The number of amides is 3. The molecule has 0 aliphatic rings. The third-order valence-electron chi connectivity index (χ3n) is 3.29. The summed E-state index contributed by atoms with van der Waals surface area (Å²) in [5, 5.41) is 4.79. The fourth-order valence-corrected chi connectivity index (χ4v) is 2.41. The van der Waals surface area contributed by atoms with Crippen molar-refractivity contribution in [1.82, 2.24) is 10.4 Å². The molecule has 0 aromatic heterocycles. The van der Waals surface area contributed by atoms with Crippen molar-refractivity contribution in [3.05, 3.63) is 64.1 Å². The zero-order valence-corrected chi connectivity index (χ0v) is 15.7. The summed E-state index contributed by atoms with van der Waals surface area (Å²) in [6, 6.07) is 12.8. The molecule has 0 aliphatic carbocycles. The van der Waals surface area contributed by atoms with Crippen molar-refractivity contribution in [3.8, 4) is 0 Å². The Balaban J connectivity index is 2.18. The molecule has 132 valence electrons. The number of halogens is 2. The van der Waals surface area contributed by atoms with Gasteiger partial charge in [0.25, 0.3) is 5.91 Å². The SMILES string of the molecule is CC(C)(C)N(NC(=O)Nc1ccc(Cl)cc1)C(=O)c1ccccc1Cl. The Kier molecular flexibility index (Phi) is 5.93. The van der Waals surface area contributed by atoms with Gasteiger partial charge in [-0.2, -0.15) is 0 Å². The van der Waals surface area contributed by atoms with Crippen LogP contribution in [0.5, 0.6) is 0 Å². The van der Waals surface area contributed by atoms with Gasteiger partial charge in [0.05, 0.1) is 16.1 Å². The Labute approximate surface area is 156 Å². The predicted octanol–water partition coefficient (Wildman–Crippen LogP) is 4.97.